The Morgan fingerprint density at radius 1 is 1.46 bits per heavy atom. The van der Waals surface area contributed by atoms with Gasteiger partial charge >= 0.3 is 0 Å². The van der Waals surface area contributed by atoms with Crippen LogP contribution >= 0.6 is 11.3 Å². The van der Waals surface area contributed by atoms with Crippen LogP contribution in [0, 0.1) is 5.92 Å². The highest BCUT2D eigenvalue weighted by atomic mass is 32.1. The number of H-pyrrole nitrogens is 1. The van der Waals surface area contributed by atoms with E-state index in [4.69, 9.17) is 4.98 Å². The molecule has 0 saturated carbocycles. The van der Waals surface area contributed by atoms with Crippen molar-refractivity contribution in [2.75, 3.05) is 24.5 Å². The first-order valence-electron chi connectivity index (χ1n) is 8.44. The molecule has 2 N–H and O–H groups in total. The Labute approximate surface area is 148 Å². The molecule has 7 heteroatoms. The molecule has 130 valence electrons. The molecule has 1 saturated heterocycles. The molecule has 0 spiro atoms. The highest BCUT2D eigenvalue weighted by molar-refractivity contribution is 7.13. The zero-order chi connectivity index (χ0) is 16.5. The molecule has 3 aromatic heterocycles. The molecule has 0 radical (unpaired) electrons. The van der Waals surface area contributed by atoms with Crippen LogP contribution in [0.2, 0.25) is 0 Å². The monoisotopic (exact) mass is 346 g/mol. The van der Waals surface area contributed by atoms with Gasteiger partial charge in [0.15, 0.2) is 5.65 Å². The molecule has 1 atom stereocenters. The number of hydrogen-bond donors (Lipinski definition) is 2. The summed E-state index contributed by atoms with van der Waals surface area (Å²) in [6, 6.07) is 4.51. The van der Waals surface area contributed by atoms with Gasteiger partial charge in [-0.05, 0) is 24.5 Å². The average molecular weight is 347 g/mol. The van der Waals surface area contributed by atoms with Crippen LogP contribution in [0.1, 0.15) is 23.1 Å². The van der Waals surface area contributed by atoms with Crippen LogP contribution in [0.15, 0.2) is 23.7 Å². The minimum absolute atomic E-state index is 0. The lowest BCUT2D eigenvalue weighted by molar-refractivity contribution is 0.387. The number of thiazole rings is 1. The Balaban J connectivity index is 0.00000121. The van der Waals surface area contributed by atoms with Crippen LogP contribution in [0.5, 0.6) is 0 Å². The third kappa shape index (κ3) is 3.01. The predicted octanol–water partition coefficient (Wildman–Crippen LogP) is 3.40. The number of pyridine rings is 1. The first-order chi connectivity index (χ1) is 11.7. The molecule has 1 fully saturated rings. The van der Waals surface area contributed by atoms with E-state index in [9.17, 15) is 0 Å². The second kappa shape index (κ2) is 6.49. The standard InChI is InChI=1S/C17H22N6S.2H2/c1-11(2)8-12-9-23(7-6-18-12)14-10-24-17(20-14)15-13-4-3-5-19-16(13)22-21-15;;/h3-5,10-12,18H,6-9H2,1-2H3,(H,19,21,22);2*1H/t12-;;/m0../s1. The van der Waals surface area contributed by atoms with Gasteiger partial charge in [0.1, 0.15) is 16.5 Å². The van der Waals surface area contributed by atoms with Crippen molar-refractivity contribution < 1.29 is 2.85 Å². The number of rotatable bonds is 4. The van der Waals surface area contributed by atoms with Gasteiger partial charge in [0.2, 0.25) is 0 Å². The van der Waals surface area contributed by atoms with Gasteiger partial charge in [0.25, 0.3) is 0 Å². The highest BCUT2D eigenvalue weighted by Crippen LogP contribution is 2.31. The van der Waals surface area contributed by atoms with Gasteiger partial charge in [-0.2, -0.15) is 5.10 Å². The molecule has 1 aliphatic heterocycles. The Hall–Kier alpha value is -1.99. The minimum Gasteiger partial charge on any atom is -0.353 e. The third-order valence-corrected chi connectivity index (χ3v) is 5.22. The fourth-order valence-corrected chi connectivity index (χ4v) is 4.14. The summed E-state index contributed by atoms with van der Waals surface area (Å²) in [6.45, 7) is 7.59. The SMILES string of the molecule is CC(C)C[C@H]1CN(c2csc(-c3[nH]nc4ncccc34)n2)CCN1.[HH].[HH]. The maximum absolute atomic E-state index is 4.86. The second-order valence-electron chi connectivity index (χ2n) is 6.71. The molecule has 0 unspecified atom stereocenters. The largest absolute Gasteiger partial charge is 0.353 e. The van der Waals surface area contributed by atoms with Gasteiger partial charge in [-0.25, -0.2) is 9.97 Å². The van der Waals surface area contributed by atoms with Crippen molar-refractivity contribution in [3.05, 3.63) is 23.7 Å². The molecule has 0 bridgehead atoms. The molecule has 3 aromatic rings. The molecule has 0 aliphatic carbocycles. The predicted molar refractivity (Wildman–Crippen MR) is 103 cm³/mol. The van der Waals surface area contributed by atoms with Gasteiger partial charge in [-0.1, -0.05) is 13.8 Å². The molecule has 1 aliphatic rings. The van der Waals surface area contributed by atoms with Crippen LogP contribution in [-0.4, -0.2) is 45.8 Å². The maximum Gasteiger partial charge on any atom is 0.181 e. The lowest BCUT2D eigenvalue weighted by Gasteiger charge is -2.34. The normalized spacial score (nSPS) is 18.6. The molecule has 6 nitrogen and oxygen atoms in total. The van der Waals surface area contributed by atoms with Crippen molar-refractivity contribution in [3.63, 3.8) is 0 Å². The molecule has 4 heterocycles. The quantitative estimate of drug-likeness (QED) is 0.758. The maximum atomic E-state index is 4.86. The van der Waals surface area contributed by atoms with Crippen LogP contribution in [0.25, 0.3) is 21.7 Å². The summed E-state index contributed by atoms with van der Waals surface area (Å²) in [7, 11) is 0. The van der Waals surface area contributed by atoms with Gasteiger partial charge in [0, 0.05) is 45.5 Å². The van der Waals surface area contributed by atoms with Crippen LogP contribution in [0.4, 0.5) is 5.82 Å². The van der Waals surface area contributed by atoms with Crippen LogP contribution in [0.3, 0.4) is 0 Å². The van der Waals surface area contributed by atoms with E-state index in [0.717, 1.165) is 47.2 Å². The van der Waals surface area contributed by atoms with E-state index >= 15 is 0 Å². The fourth-order valence-electron chi connectivity index (χ4n) is 3.30. The summed E-state index contributed by atoms with van der Waals surface area (Å²) in [4.78, 5) is 11.5. The van der Waals surface area contributed by atoms with Crippen molar-refractivity contribution >= 4 is 28.2 Å². The molecular formula is C17H26N6S. The second-order valence-corrected chi connectivity index (χ2v) is 7.57. The first-order valence-corrected chi connectivity index (χ1v) is 9.32. The zero-order valence-corrected chi connectivity index (χ0v) is 14.8. The Kier molecular flexibility index (Phi) is 4.20. The van der Waals surface area contributed by atoms with E-state index in [1.165, 1.54) is 6.42 Å². The van der Waals surface area contributed by atoms with Crippen LogP contribution < -0.4 is 10.2 Å². The third-order valence-electron chi connectivity index (χ3n) is 4.37. The number of piperazine rings is 1. The molecule has 0 amide bonds. The highest BCUT2D eigenvalue weighted by Gasteiger charge is 2.22. The number of aromatic amines is 1. The molecule has 24 heavy (non-hydrogen) atoms. The number of nitrogens with zero attached hydrogens (tertiary/aromatic N) is 4. The number of hydrogen-bond acceptors (Lipinski definition) is 6. The molecular weight excluding hydrogens is 320 g/mol. The fraction of sp³-hybridized carbons (Fsp3) is 0.471. The van der Waals surface area contributed by atoms with E-state index in [1.807, 2.05) is 12.1 Å². The Morgan fingerprint density at radius 2 is 2.38 bits per heavy atom. The summed E-state index contributed by atoms with van der Waals surface area (Å²) in [5.74, 6) is 1.77. The minimum atomic E-state index is 0. The summed E-state index contributed by atoms with van der Waals surface area (Å²) in [5, 5.41) is 15.1. The number of fused-ring (bicyclic) bond motifs is 1. The van der Waals surface area contributed by atoms with Crippen molar-refractivity contribution in [2.24, 2.45) is 5.92 Å². The lowest BCUT2D eigenvalue weighted by atomic mass is 10.0. The smallest absolute Gasteiger partial charge is 0.181 e. The van der Waals surface area contributed by atoms with Gasteiger partial charge in [-0.15, -0.1) is 11.3 Å². The summed E-state index contributed by atoms with van der Waals surface area (Å²) >= 11 is 1.66. The summed E-state index contributed by atoms with van der Waals surface area (Å²) in [6.07, 6.45) is 2.96. The van der Waals surface area contributed by atoms with E-state index in [2.05, 4.69) is 44.6 Å². The van der Waals surface area contributed by atoms with E-state index in [0.29, 0.717) is 12.0 Å². The first kappa shape index (κ1) is 15.5. The summed E-state index contributed by atoms with van der Waals surface area (Å²) < 4.78 is 0. The van der Waals surface area contributed by atoms with Gasteiger partial charge in [-0.3, -0.25) is 5.10 Å². The van der Waals surface area contributed by atoms with Gasteiger partial charge in [0.05, 0.1) is 0 Å². The number of nitrogens with one attached hydrogen (secondary N) is 2. The van der Waals surface area contributed by atoms with E-state index in [-0.39, 0.29) is 2.85 Å². The Morgan fingerprint density at radius 3 is 3.25 bits per heavy atom. The van der Waals surface area contributed by atoms with E-state index in [1.54, 1.807) is 17.5 Å². The lowest BCUT2D eigenvalue weighted by Crippen LogP contribution is -2.51. The van der Waals surface area contributed by atoms with Crippen molar-refractivity contribution in [1.29, 1.82) is 0 Å². The van der Waals surface area contributed by atoms with Crippen molar-refractivity contribution in [3.8, 4) is 10.7 Å². The molecule has 4 rings (SSSR count). The van der Waals surface area contributed by atoms with Crippen LogP contribution in [-0.2, 0) is 0 Å². The average Bonchev–Trinajstić information content (AvgIpc) is 3.21. The Bertz CT molecular complexity index is 833. The van der Waals surface area contributed by atoms with Gasteiger partial charge < -0.3 is 10.2 Å². The van der Waals surface area contributed by atoms with Crippen molar-refractivity contribution in [2.45, 2.75) is 26.3 Å². The van der Waals surface area contributed by atoms with Crippen molar-refractivity contribution in [1.82, 2.24) is 25.5 Å². The number of anilines is 1. The van der Waals surface area contributed by atoms with E-state index < -0.39 is 0 Å². The summed E-state index contributed by atoms with van der Waals surface area (Å²) in [5.41, 5.74) is 1.70. The topological polar surface area (TPSA) is 69.7 Å². The molecule has 0 aromatic carbocycles. The zero-order valence-electron chi connectivity index (χ0n) is 14.0. The number of aromatic nitrogens is 4.